The predicted molar refractivity (Wildman–Crippen MR) is 81.7 cm³/mol. The van der Waals surface area contributed by atoms with Crippen molar-refractivity contribution >= 4 is 16.8 Å². The van der Waals surface area contributed by atoms with Crippen LogP contribution in [-0.4, -0.2) is 41.6 Å². The summed E-state index contributed by atoms with van der Waals surface area (Å²) in [6.07, 6.45) is 1.76. The van der Waals surface area contributed by atoms with Crippen LogP contribution >= 0.6 is 0 Å². The molecule has 2 aromatic heterocycles. The van der Waals surface area contributed by atoms with Gasteiger partial charge in [0.2, 0.25) is 5.88 Å². The molecule has 6 nitrogen and oxygen atoms in total. The van der Waals surface area contributed by atoms with E-state index < -0.39 is 11.9 Å². The van der Waals surface area contributed by atoms with E-state index in [1.165, 1.54) is 7.11 Å². The number of halogens is 1. The van der Waals surface area contributed by atoms with Gasteiger partial charge in [-0.2, -0.15) is 0 Å². The van der Waals surface area contributed by atoms with Crippen LogP contribution in [0.1, 0.15) is 18.4 Å². The number of ether oxygens (including phenoxy) is 2. The summed E-state index contributed by atoms with van der Waals surface area (Å²) in [4.78, 5) is 20.6. The molecule has 3 rings (SSSR count). The first-order valence-electron chi connectivity index (χ1n) is 7.46. The van der Waals surface area contributed by atoms with Crippen LogP contribution in [0, 0.1) is 5.82 Å². The fourth-order valence-corrected chi connectivity index (χ4v) is 2.67. The Hall–Kier alpha value is -2.12. The highest BCUT2D eigenvalue weighted by Crippen LogP contribution is 2.23. The number of methoxy groups -OCH3 is 1. The van der Waals surface area contributed by atoms with Crippen LogP contribution in [-0.2, 0) is 16.0 Å². The minimum atomic E-state index is -0.556. The summed E-state index contributed by atoms with van der Waals surface area (Å²) in [5, 5.41) is 0. The smallest absolute Gasteiger partial charge is 0.213 e. The van der Waals surface area contributed by atoms with Crippen LogP contribution in [0.2, 0.25) is 0 Å². The van der Waals surface area contributed by atoms with Gasteiger partial charge in [0.05, 0.1) is 30.9 Å². The minimum Gasteiger partial charge on any atom is -0.481 e. The van der Waals surface area contributed by atoms with Crippen molar-refractivity contribution in [1.82, 2.24) is 9.97 Å². The van der Waals surface area contributed by atoms with Gasteiger partial charge in [-0.05, 0) is 18.9 Å². The lowest BCUT2D eigenvalue weighted by atomic mass is 9.98. The molecule has 0 aliphatic carbocycles. The third kappa shape index (κ3) is 3.30. The van der Waals surface area contributed by atoms with Gasteiger partial charge in [0.25, 0.3) is 0 Å². The molecule has 1 fully saturated rings. The molecule has 23 heavy (non-hydrogen) atoms. The highest BCUT2D eigenvalue weighted by atomic mass is 19.1. The zero-order chi connectivity index (χ0) is 16.4. The molecular weight excluding hydrogens is 301 g/mol. The summed E-state index contributed by atoms with van der Waals surface area (Å²) >= 11 is 0. The maximum atomic E-state index is 14.2. The first-order valence-corrected chi connectivity index (χ1v) is 7.46. The molecule has 122 valence electrons. The zero-order valence-corrected chi connectivity index (χ0v) is 12.8. The van der Waals surface area contributed by atoms with Gasteiger partial charge in [-0.1, -0.05) is 0 Å². The summed E-state index contributed by atoms with van der Waals surface area (Å²) < 4.78 is 24.7. The first kappa shape index (κ1) is 15.8. The van der Waals surface area contributed by atoms with E-state index in [1.807, 2.05) is 0 Å². The van der Waals surface area contributed by atoms with Gasteiger partial charge in [-0.25, -0.2) is 9.37 Å². The van der Waals surface area contributed by atoms with Crippen LogP contribution in [0.3, 0.4) is 0 Å². The summed E-state index contributed by atoms with van der Waals surface area (Å²) in [7, 11) is 1.48. The molecule has 0 aromatic carbocycles. The molecule has 0 spiro atoms. The molecule has 0 radical (unpaired) electrons. The number of hydrogen-bond donors (Lipinski definition) is 1. The lowest BCUT2D eigenvalue weighted by Gasteiger charge is -2.25. The van der Waals surface area contributed by atoms with Crippen LogP contribution in [0.25, 0.3) is 11.0 Å². The van der Waals surface area contributed by atoms with Crippen LogP contribution in [0.4, 0.5) is 4.39 Å². The zero-order valence-electron chi connectivity index (χ0n) is 12.8. The molecule has 0 bridgehead atoms. The van der Waals surface area contributed by atoms with Crippen molar-refractivity contribution < 1.29 is 18.7 Å². The summed E-state index contributed by atoms with van der Waals surface area (Å²) in [6.45, 7) is 0.349. The average molecular weight is 319 g/mol. The predicted octanol–water partition coefficient (Wildman–Crippen LogP) is 1.40. The van der Waals surface area contributed by atoms with Crippen molar-refractivity contribution in [1.29, 1.82) is 0 Å². The number of rotatable bonds is 4. The highest BCUT2D eigenvalue weighted by molar-refractivity contribution is 5.89. The van der Waals surface area contributed by atoms with E-state index in [0.29, 0.717) is 29.9 Å². The number of ketones is 1. The number of nitrogens with zero attached hydrogens (tertiary/aromatic N) is 2. The van der Waals surface area contributed by atoms with Crippen LogP contribution in [0.15, 0.2) is 18.3 Å². The van der Waals surface area contributed by atoms with Gasteiger partial charge < -0.3 is 15.2 Å². The van der Waals surface area contributed by atoms with Crippen molar-refractivity contribution in [3.63, 3.8) is 0 Å². The molecule has 7 heteroatoms. The van der Waals surface area contributed by atoms with Crippen molar-refractivity contribution in [2.75, 3.05) is 13.7 Å². The fraction of sp³-hybridized carbons (Fsp3) is 0.438. The molecule has 2 aromatic rings. The van der Waals surface area contributed by atoms with E-state index in [2.05, 4.69) is 9.97 Å². The molecular formula is C16H18FN3O3. The quantitative estimate of drug-likeness (QED) is 0.916. The Morgan fingerprint density at radius 2 is 2.30 bits per heavy atom. The van der Waals surface area contributed by atoms with Crippen molar-refractivity contribution in [2.24, 2.45) is 5.73 Å². The molecule has 2 unspecified atom stereocenters. The fourth-order valence-electron chi connectivity index (χ4n) is 2.67. The number of nitrogens with two attached hydrogens (primary N) is 1. The number of carbonyl (C=O) groups is 1. The molecule has 0 amide bonds. The second-order valence-electron chi connectivity index (χ2n) is 5.61. The Bertz CT molecular complexity index is 730. The Balaban J connectivity index is 1.89. The first-order chi connectivity index (χ1) is 11.1. The lowest BCUT2D eigenvalue weighted by Crippen LogP contribution is -2.39. The van der Waals surface area contributed by atoms with E-state index in [9.17, 15) is 9.18 Å². The second kappa shape index (κ2) is 6.55. The maximum absolute atomic E-state index is 14.2. The SMILES string of the molecule is COc1ccc2ncc(F)c(CC(=O)C3CCC(N)CO3)c2n1. The summed E-state index contributed by atoms with van der Waals surface area (Å²) in [6, 6.07) is 3.29. The summed E-state index contributed by atoms with van der Waals surface area (Å²) in [5.41, 5.74) is 6.82. The van der Waals surface area contributed by atoms with E-state index in [1.54, 1.807) is 12.1 Å². The van der Waals surface area contributed by atoms with E-state index in [4.69, 9.17) is 15.2 Å². The molecule has 1 aliphatic rings. The highest BCUT2D eigenvalue weighted by Gasteiger charge is 2.27. The van der Waals surface area contributed by atoms with Crippen molar-refractivity contribution in [3.05, 3.63) is 29.7 Å². The number of hydrogen-bond acceptors (Lipinski definition) is 6. The normalized spacial score (nSPS) is 21.3. The van der Waals surface area contributed by atoms with E-state index in [0.717, 1.165) is 12.6 Å². The van der Waals surface area contributed by atoms with Gasteiger partial charge in [-0.3, -0.25) is 9.78 Å². The minimum absolute atomic E-state index is 0.0385. The van der Waals surface area contributed by atoms with Gasteiger partial charge in [-0.15, -0.1) is 0 Å². The third-order valence-electron chi connectivity index (χ3n) is 3.97. The van der Waals surface area contributed by atoms with Gasteiger partial charge in [0.1, 0.15) is 11.9 Å². The molecule has 0 saturated carbocycles. The number of carbonyl (C=O) groups excluding carboxylic acids is 1. The number of pyridine rings is 2. The van der Waals surface area contributed by atoms with Crippen LogP contribution < -0.4 is 10.5 Å². The summed E-state index contributed by atoms with van der Waals surface area (Å²) in [5.74, 6) is -0.384. The Morgan fingerprint density at radius 3 is 3.00 bits per heavy atom. The molecule has 2 N–H and O–H groups in total. The van der Waals surface area contributed by atoms with Gasteiger partial charge in [0, 0.05) is 24.1 Å². The van der Waals surface area contributed by atoms with E-state index >= 15 is 0 Å². The average Bonchev–Trinajstić information content (AvgIpc) is 2.57. The number of Topliss-reactive ketones (excluding diaryl/α,β-unsaturated/α-hetero) is 1. The van der Waals surface area contributed by atoms with E-state index in [-0.39, 0.29) is 23.8 Å². The lowest BCUT2D eigenvalue weighted by molar-refractivity contribution is -0.133. The monoisotopic (exact) mass is 319 g/mol. The Kier molecular flexibility index (Phi) is 4.49. The second-order valence-corrected chi connectivity index (χ2v) is 5.61. The Labute approximate surface area is 132 Å². The molecule has 1 aliphatic heterocycles. The molecule has 1 saturated heterocycles. The van der Waals surface area contributed by atoms with Crippen LogP contribution in [0.5, 0.6) is 5.88 Å². The largest absolute Gasteiger partial charge is 0.481 e. The molecule has 3 heterocycles. The maximum Gasteiger partial charge on any atom is 0.213 e. The number of aromatic nitrogens is 2. The van der Waals surface area contributed by atoms with Crippen molar-refractivity contribution in [2.45, 2.75) is 31.4 Å². The van der Waals surface area contributed by atoms with Gasteiger partial charge >= 0.3 is 0 Å². The standard InChI is InChI=1S/C16H18FN3O3/c1-22-15-5-3-12-16(20-15)10(11(17)7-19-12)6-13(21)14-4-2-9(18)8-23-14/h3,5,7,9,14H,2,4,6,8,18H2,1H3. The van der Waals surface area contributed by atoms with Gasteiger partial charge in [0.15, 0.2) is 5.78 Å². The molecule has 2 atom stereocenters. The topological polar surface area (TPSA) is 87.3 Å². The third-order valence-corrected chi connectivity index (χ3v) is 3.97. The number of fused-ring (bicyclic) bond motifs is 1. The Morgan fingerprint density at radius 1 is 1.48 bits per heavy atom. The van der Waals surface area contributed by atoms with Crippen molar-refractivity contribution in [3.8, 4) is 5.88 Å².